The van der Waals surface area contributed by atoms with Gasteiger partial charge in [0.05, 0.1) is 13.2 Å². The maximum Gasteiger partial charge on any atom is 0.244 e. The van der Waals surface area contributed by atoms with E-state index in [0.717, 1.165) is 25.7 Å². The van der Waals surface area contributed by atoms with Crippen LogP contribution < -0.4 is 0 Å². The van der Waals surface area contributed by atoms with Crippen LogP contribution in [0.4, 0.5) is 0 Å². The van der Waals surface area contributed by atoms with Crippen molar-refractivity contribution in [1.29, 1.82) is 0 Å². The van der Waals surface area contributed by atoms with Gasteiger partial charge in [-0.15, -0.1) is 0 Å². The van der Waals surface area contributed by atoms with Crippen molar-refractivity contribution in [2.45, 2.75) is 31.5 Å². The summed E-state index contributed by atoms with van der Waals surface area (Å²) < 4.78 is 11.2. The van der Waals surface area contributed by atoms with E-state index in [4.69, 9.17) is 21.1 Å². The monoisotopic (exact) mass is 230 g/mol. The van der Waals surface area contributed by atoms with Gasteiger partial charge in [-0.05, 0) is 36.4 Å². The van der Waals surface area contributed by atoms with Crippen LogP contribution in [0.1, 0.15) is 25.7 Å². The summed E-state index contributed by atoms with van der Waals surface area (Å²) >= 11 is 5.24. The Balaban J connectivity index is 1.84. The first-order chi connectivity index (χ1) is 7.20. The first kappa shape index (κ1) is 11.1. The van der Waals surface area contributed by atoms with E-state index in [-0.39, 0.29) is 5.79 Å². The Bertz CT molecular complexity index is 259. The van der Waals surface area contributed by atoms with E-state index in [1.165, 1.54) is 6.08 Å². The van der Waals surface area contributed by atoms with Gasteiger partial charge in [0.2, 0.25) is 5.24 Å². The van der Waals surface area contributed by atoms with Crippen LogP contribution >= 0.6 is 11.6 Å². The van der Waals surface area contributed by atoms with Crippen molar-refractivity contribution < 1.29 is 14.3 Å². The fourth-order valence-electron chi connectivity index (χ4n) is 2.27. The highest BCUT2D eigenvalue weighted by Crippen LogP contribution is 2.38. The van der Waals surface area contributed by atoms with E-state index >= 15 is 0 Å². The van der Waals surface area contributed by atoms with Crippen LogP contribution in [-0.2, 0) is 14.3 Å². The highest BCUT2D eigenvalue weighted by atomic mass is 35.5. The SMILES string of the molecule is O=C(Cl)C=CC1CCC2(CC1)OCCO2. The van der Waals surface area contributed by atoms with Gasteiger partial charge in [0.1, 0.15) is 0 Å². The normalized spacial score (nSPS) is 26.5. The van der Waals surface area contributed by atoms with Gasteiger partial charge in [0.15, 0.2) is 5.79 Å². The molecule has 0 aromatic carbocycles. The van der Waals surface area contributed by atoms with E-state index in [1.54, 1.807) is 0 Å². The molecule has 1 aliphatic heterocycles. The molecule has 2 aliphatic rings. The molecule has 0 aromatic heterocycles. The third kappa shape index (κ3) is 2.80. The van der Waals surface area contributed by atoms with Gasteiger partial charge in [0.25, 0.3) is 0 Å². The summed E-state index contributed by atoms with van der Waals surface area (Å²) in [4.78, 5) is 10.6. The number of carbonyl (C=O) groups is 1. The Morgan fingerprint density at radius 1 is 1.27 bits per heavy atom. The molecule has 1 saturated carbocycles. The average Bonchev–Trinajstić information content (AvgIpc) is 2.66. The van der Waals surface area contributed by atoms with Crippen molar-refractivity contribution in [1.82, 2.24) is 0 Å². The predicted molar refractivity (Wildman–Crippen MR) is 56.6 cm³/mol. The topological polar surface area (TPSA) is 35.5 Å². The van der Waals surface area contributed by atoms with E-state index in [9.17, 15) is 4.79 Å². The molecule has 0 N–H and O–H groups in total. The molecule has 0 aromatic rings. The third-order valence-electron chi connectivity index (χ3n) is 3.11. The molecule has 2 rings (SSSR count). The standard InChI is InChI=1S/C11H15ClO3/c12-10(13)2-1-9-3-5-11(6-4-9)14-7-8-15-11/h1-2,9H,3-8H2. The number of halogens is 1. The second-order valence-electron chi connectivity index (χ2n) is 4.11. The Hall–Kier alpha value is -0.380. The number of ether oxygens (including phenoxy) is 2. The second-order valence-corrected chi connectivity index (χ2v) is 4.48. The van der Waals surface area contributed by atoms with Crippen LogP contribution in [0.25, 0.3) is 0 Å². The van der Waals surface area contributed by atoms with Crippen LogP contribution in [0, 0.1) is 5.92 Å². The summed E-state index contributed by atoms with van der Waals surface area (Å²) in [6, 6.07) is 0. The lowest BCUT2D eigenvalue weighted by Gasteiger charge is -2.34. The molecule has 0 radical (unpaired) electrons. The lowest BCUT2D eigenvalue weighted by atomic mass is 9.85. The molecule has 1 heterocycles. The molecule has 0 atom stereocenters. The van der Waals surface area contributed by atoms with E-state index < -0.39 is 5.24 Å². The van der Waals surface area contributed by atoms with Gasteiger partial charge in [0, 0.05) is 12.8 Å². The van der Waals surface area contributed by atoms with Crippen molar-refractivity contribution in [3.63, 3.8) is 0 Å². The van der Waals surface area contributed by atoms with Crippen molar-refractivity contribution in [3.05, 3.63) is 12.2 Å². The smallest absolute Gasteiger partial charge is 0.244 e. The largest absolute Gasteiger partial charge is 0.348 e. The number of rotatable bonds is 2. The van der Waals surface area contributed by atoms with Gasteiger partial charge < -0.3 is 9.47 Å². The minimum absolute atomic E-state index is 0.310. The van der Waals surface area contributed by atoms with Gasteiger partial charge >= 0.3 is 0 Å². The van der Waals surface area contributed by atoms with Gasteiger partial charge in [-0.3, -0.25) is 4.79 Å². The number of carbonyl (C=O) groups excluding carboxylic acids is 1. The first-order valence-electron chi connectivity index (χ1n) is 5.36. The highest BCUT2D eigenvalue weighted by molar-refractivity contribution is 6.66. The molecule has 1 spiro atoms. The predicted octanol–water partition coefficient (Wildman–Crippen LogP) is 2.24. The fourth-order valence-corrected chi connectivity index (χ4v) is 2.34. The van der Waals surface area contributed by atoms with Gasteiger partial charge in [-0.25, -0.2) is 0 Å². The molecule has 0 unspecified atom stereocenters. The van der Waals surface area contributed by atoms with E-state index in [1.807, 2.05) is 6.08 Å². The number of hydrogen-bond donors (Lipinski definition) is 0. The van der Waals surface area contributed by atoms with Crippen LogP contribution in [0.2, 0.25) is 0 Å². The molecule has 2 fully saturated rings. The van der Waals surface area contributed by atoms with Crippen LogP contribution in [0.5, 0.6) is 0 Å². The quantitative estimate of drug-likeness (QED) is 0.539. The Morgan fingerprint density at radius 3 is 2.40 bits per heavy atom. The maximum absolute atomic E-state index is 10.6. The Labute approximate surface area is 94.4 Å². The molecule has 84 valence electrons. The molecule has 1 aliphatic carbocycles. The summed E-state index contributed by atoms with van der Waals surface area (Å²) in [6.07, 6.45) is 7.18. The number of hydrogen-bond acceptors (Lipinski definition) is 3. The summed E-state index contributed by atoms with van der Waals surface area (Å²) in [5.74, 6) is 0.126. The summed E-state index contributed by atoms with van der Waals surface area (Å²) in [6.45, 7) is 1.42. The minimum atomic E-state index is -0.399. The van der Waals surface area contributed by atoms with Crippen molar-refractivity contribution in [3.8, 4) is 0 Å². The lowest BCUT2D eigenvalue weighted by Crippen LogP contribution is -2.34. The minimum Gasteiger partial charge on any atom is -0.348 e. The Kier molecular flexibility index (Phi) is 3.44. The molecular weight excluding hydrogens is 216 g/mol. The van der Waals surface area contributed by atoms with Crippen LogP contribution in [0.3, 0.4) is 0 Å². The third-order valence-corrected chi connectivity index (χ3v) is 3.23. The second kappa shape index (κ2) is 4.64. The highest BCUT2D eigenvalue weighted by Gasteiger charge is 2.39. The molecule has 1 saturated heterocycles. The summed E-state index contributed by atoms with van der Waals surface area (Å²) in [5, 5.41) is -0.399. The molecule has 3 nitrogen and oxygen atoms in total. The van der Waals surface area contributed by atoms with Gasteiger partial charge in [-0.1, -0.05) is 6.08 Å². The molecular formula is C11H15ClO3. The first-order valence-corrected chi connectivity index (χ1v) is 5.74. The zero-order chi connectivity index (χ0) is 10.7. The van der Waals surface area contributed by atoms with E-state index in [0.29, 0.717) is 19.1 Å². The molecule has 0 amide bonds. The zero-order valence-corrected chi connectivity index (χ0v) is 9.33. The molecule has 15 heavy (non-hydrogen) atoms. The Morgan fingerprint density at radius 2 is 1.87 bits per heavy atom. The van der Waals surface area contributed by atoms with E-state index in [2.05, 4.69) is 0 Å². The molecule has 4 heteroatoms. The zero-order valence-electron chi connectivity index (χ0n) is 8.58. The average molecular weight is 231 g/mol. The van der Waals surface area contributed by atoms with Crippen molar-refractivity contribution in [2.24, 2.45) is 5.92 Å². The fraction of sp³-hybridized carbons (Fsp3) is 0.727. The molecule has 0 bridgehead atoms. The lowest BCUT2D eigenvalue weighted by molar-refractivity contribution is -0.180. The van der Waals surface area contributed by atoms with Crippen molar-refractivity contribution in [2.75, 3.05) is 13.2 Å². The number of allylic oxidation sites excluding steroid dienone is 2. The van der Waals surface area contributed by atoms with Crippen LogP contribution in [0.15, 0.2) is 12.2 Å². The van der Waals surface area contributed by atoms with Crippen LogP contribution in [-0.4, -0.2) is 24.2 Å². The maximum atomic E-state index is 10.6. The van der Waals surface area contributed by atoms with Crippen molar-refractivity contribution >= 4 is 16.8 Å². The van der Waals surface area contributed by atoms with Gasteiger partial charge in [-0.2, -0.15) is 0 Å². The summed E-state index contributed by atoms with van der Waals surface area (Å²) in [5.41, 5.74) is 0. The summed E-state index contributed by atoms with van der Waals surface area (Å²) in [7, 11) is 0.